The van der Waals surface area contributed by atoms with E-state index in [2.05, 4.69) is 57.0 Å². The summed E-state index contributed by atoms with van der Waals surface area (Å²) in [5.41, 5.74) is 2.53. The smallest absolute Gasteiger partial charge is 0.149 e. The summed E-state index contributed by atoms with van der Waals surface area (Å²) in [5.74, 6) is 6.67. The number of benzene rings is 1. The van der Waals surface area contributed by atoms with Crippen molar-refractivity contribution in [2.24, 2.45) is 0 Å². The summed E-state index contributed by atoms with van der Waals surface area (Å²) in [6.45, 7) is 11.6. The van der Waals surface area contributed by atoms with Crippen LogP contribution in [0.25, 0.3) is 0 Å². The van der Waals surface area contributed by atoms with E-state index < -0.39 is 0 Å². The van der Waals surface area contributed by atoms with Gasteiger partial charge in [0.1, 0.15) is 12.4 Å². The second kappa shape index (κ2) is 6.47. The van der Waals surface area contributed by atoms with Crippen LogP contribution in [0.4, 0.5) is 0 Å². The molecule has 0 radical (unpaired) electrons. The fraction of sp³-hybridized carbons (Fsp3) is 0.500. The summed E-state index contributed by atoms with van der Waals surface area (Å²) in [5, 5.41) is 3.48. The Morgan fingerprint density at radius 2 is 2.00 bits per heavy atom. The number of rotatable bonds is 4. The van der Waals surface area contributed by atoms with Gasteiger partial charge in [0.15, 0.2) is 0 Å². The van der Waals surface area contributed by atoms with Gasteiger partial charge in [-0.05, 0) is 40.7 Å². The number of aryl methyl sites for hydroxylation is 1. The molecule has 0 amide bonds. The molecular weight excluding hydrogens is 222 g/mol. The Hall–Kier alpha value is -1.46. The highest BCUT2D eigenvalue weighted by Gasteiger charge is 2.11. The molecule has 18 heavy (non-hydrogen) atoms. The normalized spacial score (nSPS) is 10.7. The summed E-state index contributed by atoms with van der Waals surface area (Å²) in [4.78, 5) is 0. The van der Waals surface area contributed by atoms with E-state index in [0.29, 0.717) is 6.61 Å². The Labute approximate surface area is 111 Å². The molecule has 0 unspecified atom stereocenters. The molecule has 98 valence electrons. The molecular formula is C16H23NO. The molecule has 0 heterocycles. The van der Waals surface area contributed by atoms with E-state index in [1.54, 1.807) is 0 Å². The highest BCUT2D eigenvalue weighted by atomic mass is 16.5. The molecule has 0 aliphatic carbocycles. The maximum Gasteiger partial charge on any atom is 0.149 e. The molecule has 0 spiro atoms. The van der Waals surface area contributed by atoms with Crippen LogP contribution in [0.15, 0.2) is 18.2 Å². The highest BCUT2D eigenvalue weighted by molar-refractivity contribution is 5.37. The first-order valence-corrected chi connectivity index (χ1v) is 6.29. The van der Waals surface area contributed by atoms with Crippen LogP contribution in [0.3, 0.4) is 0 Å². The summed E-state index contributed by atoms with van der Waals surface area (Å²) < 4.78 is 5.68. The van der Waals surface area contributed by atoms with Crippen molar-refractivity contribution in [2.45, 2.75) is 46.7 Å². The van der Waals surface area contributed by atoms with Gasteiger partial charge in [0.25, 0.3) is 0 Å². The molecule has 0 saturated carbocycles. The summed E-state index contributed by atoms with van der Waals surface area (Å²) in [6, 6.07) is 6.25. The van der Waals surface area contributed by atoms with Crippen molar-refractivity contribution < 1.29 is 4.74 Å². The lowest BCUT2D eigenvalue weighted by atomic mass is 10.1. The minimum atomic E-state index is 0.101. The third-order valence-corrected chi connectivity index (χ3v) is 2.50. The molecule has 0 aliphatic heterocycles. The molecule has 1 rings (SSSR count). The largest absolute Gasteiger partial charge is 0.481 e. The first-order valence-electron chi connectivity index (χ1n) is 6.29. The van der Waals surface area contributed by atoms with Gasteiger partial charge >= 0.3 is 0 Å². The van der Waals surface area contributed by atoms with Crippen molar-refractivity contribution in [1.29, 1.82) is 0 Å². The van der Waals surface area contributed by atoms with Gasteiger partial charge in [-0.1, -0.05) is 23.6 Å². The van der Waals surface area contributed by atoms with Gasteiger partial charge in [-0.3, -0.25) is 0 Å². The molecule has 0 aliphatic rings. The zero-order chi connectivity index (χ0) is 13.6. The van der Waals surface area contributed by atoms with E-state index in [1.807, 2.05) is 13.0 Å². The fourth-order valence-corrected chi connectivity index (χ4v) is 1.53. The van der Waals surface area contributed by atoms with Crippen LogP contribution in [0.1, 0.15) is 38.8 Å². The maximum absolute atomic E-state index is 5.68. The Morgan fingerprint density at radius 3 is 2.61 bits per heavy atom. The average molecular weight is 245 g/mol. The number of nitrogens with one attached hydrogen (secondary N) is 1. The van der Waals surface area contributed by atoms with Gasteiger partial charge in [-0.25, -0.2) is 0 Å². The minimum absolute atomic E-state index is 0.101. The van der Waals surface area contributed by atoms with Crippen LogP contribution in [-0.4, -0.2) is 12.1 Å². The lowest BCUT2D eigenvalue weighted by molar-refractivity contribution is 0.358. The molecule has 0 bridgehead atoms. The SMILES string of the molecule is CC#CCOc1ccc(C)cc1CNC(C)(C)C. The van der Waals surface area contributed by atoms with E-state index in [4.69, 9.17) is 4.74 Å². The predicted molar refractivity (Wildman–Crippen MR) is 76.7 cm³/mol. The van der Waals surface area contributed by atoms with Gasteiger partial charge in [-0.2, -0.15) is 0 Å². The average Bonchev–Trinajstić information content (AvgIpc) is 2.28. The van der Waals surface area contributed by atoms with E-state index >= 15 is 0 Å². The third kappa shape index (κ3) is 5.25. The van der Waals surface area contributed by atoms with Crippen molar-refractivity contribution in [3.63, 3.8) is 0 Å². The molecule has 2 heteroatoms. The molecule has 1 aromatic carbocycles. The molecule has 1 N–H and O–H groups in total. The zero-order valence-corrected chi connectivity index (χ0v) is 12.1. The first kappa shape index (κ1) is 14.6. The minimum Gasteiger partial charge on any atom is -0.481 e. The van der Waals surface area contributed by atoms with Crippen LogP contribution in [-0.2, 0) is 6.54 Å². The lowest BCUT2D eigenvalue weighted by Gasteiger charge is -2.21. The van der Waals surface area contributed by atoms with Crippen molar-refractivity contribution in [1.82, 2.24) is 5.32 Å². The Morgan fingerprint density at radius 1 is 1.28 bits per heavy atom. The number of hydrogen-bond acceptors (Lipinski definition) is 2. The molecule has 2 nitrogen and oxygen atoms in total. The Kier molecular flexibility index (Phi) is 5.25. The Bertz CT molecular complexity index is 446. The fourth-order valence-electron chi connectivity index (χ4n) is 1.53. The summed E-state index contributed by atoms with van der Waals surface area (Å²) in [7, 11) is 0. The van der Waals surface area contributed by atoms with Gasteiger partial charge in [0, 0.05) is 17.6 Å². The van der Waals surface area contributed by atoms with Gasteiger partial charge < -0.3 is 10.1 Å². The van der Waals surface area contributed by atoms with Crippen molar-refractivity contribution in [3.05, 3.63) is 29.3 Å². The number of ether oxygens (including phenoxy) is 1. The standard InChI is InChI=1S/C16H23NO/c1-6-7-10-18-15-9-8-13(2)11-14(15)12-17-16(3,4)5/h8-9,11,17H,10,12H2,1-5H3. The van der Waals surface area contributed by atoms with Gasteiger partial charge in [0.05, 0.1) is 0 Å². The second-order valence-corrected chi connectivity index (χ2v) is 5.43. The molecule has 0 aromatic heterocycles. The quantitative estimate of drug-likeness (QED) is 0.822. The van der Waals surface area contributed by atoms with Crippen molar-refractivity contribution in [2.75, 3.05) is 6.61 Å². The highest BCUT2D eigenvalue weighted by Crippen LogP contribution is 2.20. The molecule has 1 aromatic rings. The number of hydrogen-bond donors (Lipinski definition) is 1. The predicted octanol–water partition coefficient (Wildman–Crippen LogP) is 3.29. The van der Waals surface area contributed by atoms with Crippen LogP contribution < -0.4 is 10.1 Å². The van der Waals surface area contributed by atoms with E-state index in [1.165, 1.54) is 11.1 Å². The lowest BCUT2D eigenvalue weighted by Crippen LogP contribution is -2.35. The molecule has 0 fully saturated rings. The van der Waals surface area contributed by atoms with Gasteiger partial charge in [0.2, 0.25) is 0 Å². The molecule has 0 atom stereocenters. The van der Waals surface area contributed by atoms with E-state index in [0.717, 1.165) is 12.3 Å². The van der Waals surface area contributed by atoms with Gasteiger partial charge in [-0.15, -0.1) is 5.92 Å². The van der Waals surface area contributed by atoms with Crippen LogP contribution in [0.5, 0.6) is 5.75 Å². The van der Waals surface area contributed by atoms with Crippen LogP contribution >= 0.6 is 0 Å². The topological polar surface area (TPSA) is 21.3 Å². The maximum atomic E-state index is 5.68. The third-order valence-electron chi connectivity index (χ3n) is 2.50. The monoisotopic (exact) mass is 245 g/mol. The summed E-state index contributed by atoms with van der Waals surface area (Å²) >= 11 is 0. The first-order chi connectivity index (χ1) is 8.42. The summed E-state index contributed by atoms with van der Waals surface area (Å²) in [6.07, 6.45) is 0. The van der Waals surface area contributed by atoms with E-state index in [9.17, 15) is 0 Å². The van der Waals surface area contributed by atoms with Crippen molar-refractivity contribution >= 4 is 0 Å². The zero-order valence-electron chi connectivity index (χ0n) is 12.1. The second-order valence-electron chi connectivity index (χ2n) is 5.43. The Balaban J connectivity index is 2.78. The van der Waals surface area contributed by atoms with Crippen LogP contribution in [0.2, 0.25) is 0 Å². The molecule has 0 saturated heterocycles. The van der Waals surface area contributed by atoms with E-state index in [-0.39, 0.29) is 5.54 Å². The van der Waals surface area contributed by atoms with Crippen LogP contribution in [0, 0.1) is 18.8 Å². The van der Waals surface area contributed by atoms with Crippen molar-refractivity contribution in [3.8, 4) is 17.6 Å².